The molecule has 6 heteroatoms. The van der Waals surface area contributed by atoms with Crippen LogP contribution in [0, 0.1) is 0 Å². The van der Waals surface area contributed by atoms with E-state index in [1.807, 2.05) is 45.3 Å². The molecule has 1 heterocycles. The maximum Gasteiger partial charge on any atom is 0.250 e. The van der Waals surface area contributed by atoms with Gasteiger partial charge in [0.15, 0.2) is 0 Å². The SMILES string of the molecule is CCN(CC(=O)N1c2ccccc2NC(=O)C1(C)C)Cc1ccc(N(C)C)cc1. The lowest BCUT2D eigenvalue weighted by Gasteiger charge is -2.42. The Morgan fingerprint density at radius 3 is 2.34 bits per heavy atom. The highest BCUT2D eigenvalue weighted by atomic mass is 16.2. The van der Waals surface area contributed by atoms with Crippen LogP contribution in [0.25, 0.3) is 0 Å². The van der Waals surface area contributed by atoms with Gasteiger partial charge < -0.3 is 10.2 Å². The molecule has 0 fully saturated rings. The van der Waals surface area contributed by atoms with E-state index in [9.17, 15) is 9.59 Å². The summed E-state index contributed by atoms with van der Waals surface area (Å²) in [5, 5.41) is 2.91. The van der Waals surface area contributed by atoms with E-state index in [1.165, 1.54) is 0 Å². The first-order valence-corrected chi connectivity index (χ1v) is 9.96. The molecule has 2 amide bonds. The monoisotopic (exact) mass is 394 g/mol. The second-order valence-corrected chi connectivity index (χ2v) is 8.12. The Morgan fingerprint density at radius 1 is 1.07 bits per heavy atom. The smallest absolute Gasteiger partial charge is 0.250 e. The molecule has 0 unspecified atom stereocenters. The number of likely N-dealkylation sites (N-methyl/N-ethyl adjacent to an activating group) is 1. The fourth-order valence-electron chi connectivity index (χ4n) is 3.60. The second kappa shape index (κ2) is 8.25. The molecule has 6 nitrogen and oxygen atoms in total. The van der Waals surface area contributed by atoms with Gasteiger partial charge in [-0.15, -0.1) is 0 Å². The molecule has 1 aliphatic heterocycles. The van der Waals surface area contributed by atoms with Gasteiger partial charge in [0.05, 0.1) is 17.9 Å². The molecule has 0 aliphatic carbocycles. The first-order chi connectivity index (χ1) is 13.7. The molecule has 154 valence electrons. The van der Waals surface area contributed by atoms with Crippen molar-refractivity contribution in [2.75, 3.05) is 42.3 Å². The molecule has 0 atom stereocenters. The average Bonchev–Trinajstić information content (AvgIpc) is 2.68. The van der Waals surface area contributed by atoms with Crippen LogP contribution in [0.15, 0.2) is 48.5 Å². The van der Waals surface area contributed by atoms with E-state index in [0.717, 1.165) is 23.5 Å². The van der Waals surface area contributed by atoms with Gasteiger partial charge >= 0.3 is 0 Å². The summed E-state index contributed by atoms with van der Waals surface area (Å²) in [4.78, 5) is 31.7. The van der Waals surface area contributed by atoms with Crippen LogP contribution < -0.4 is 15.1 Å². The molecule has 1 aliphatic rings. The molecule has 3 rings (SSSR count). The number of amides is 2. The largest absolute Gasteiger partial charge is 0.378 e. The number of hydrogen-bond acceptors (Lipinski definition) is 4. The van der Waals surface area contributed by atoms with Crippen molar-refractivity contribution in [3.8, 4) is 0 Å². The minimum atomic E-state index is -0.946. The van der Waals surface area contributed by atoms with Crippen molar-refractivity contribution in [2.45, 2.75) is 32.9 Å². The second-order valence-electron chi connectivity index (χ2n) is 8.12. The first kappa shape index (κ1) is 20.9. The topological polar surface area (TPSA) is 55.9 Å². The highest BCUT2D eigenvalue weighted by Gasteiger charge is 2.43. The van der Waals surface area contributed by atoms with Crippen LogP contribution in [0.1, 0.15) is 26.3 Å². The first-order valence-electron chi connectivity index (χ1n) is 9.96. The zero-order valence-electron chi connectivity index (χ0n) is 17.9. The van der Waals surface area contributed by atoms with Crippen LogP contribution in [-0.4, -0.2) is 49.4 Å². The maximum absolute atomic E-state index is 13.3. The van der Waals surface area contributed by atoms with E-state index >= 15 is 0 Å². The molecule has 29 heavy (non-hydrogen) atoms. The predicted octanol–water partition coefficient (Wildman–Crippen LogP) is 3.34. The Bertz CT molecular complexity index is 890. The minimum Gasteiger partial charge on any atom is -0.378 e. The van der Waals surface area contributed by atoms with Crippen LogP contribution in [0.4, 0.5) is 17.1 Å². The van der Waals surface area contributed by atoms with Crippen molar-refractivity contribution < 1.29 is 9.59 Å². The Labute approximate surface area is 173 Å². The number of fused-ring (bicyclic) bond motifs is 1. The van der Waals surface area contributed by atoms with Crippen molar-refractivity contribution in [3.05, 3.63) is 54.1 Å². The highest BCUT2D eigenvalue weighted by Crippen LogP contribution is 2.36. The van der Waals surface area contributed by atoms with E-state index in [1.54, 1.807) is 18.7 Å². The molecule has 0 bridgehead atoms. The number of carbonyl (C=O) groups is 2. The molecule has 0 radical (unpaired) electrons. The molecule has 1 N–H and O–H groups in total. The van der Waals surface area contributed by atoms with Gasteiger partial charge in [-0.3, -0.25) is 19.4 Å². The number of hydrogen-bond donors (Lipinski definition) is 1. The van der Waals surface area contributed by atoms with Crippen molar-refractivity contribution in [3.63, 3.8) is 0 Å². The normalized spacial score (nSPS) is 15.1. The Kier molecular flexibility index (Phi) is 5.94. The van der Waals surface area contributed by atoms with Crippen LogP contribution in [-0.2, 0) is 16.1 Å². The molecule has 2 aromatic carbocycles. The quantitative estimate of drug-likeness (QED) is 0.817. The summed E-state index contributed by atoms with van der Waals surface area (Å²) in [7, 11) is 4.03. The molecule has 2 aromatic rings. The van der Waals surface area contributed by atoms with Crippen molar-refractivity contribution >= 4 is 28.9 Å². The van der Waals surface area contributed by atoms with Crippen LogP contribution >= 0.6 is 0 Å². The average molecular weight is 395 g/mol. The van der Waals surface area contributed by atoms with Crippen LogP contribution in [0.5, 0.6) is 0 Å². The van der Waals surface area contributed by atoms with Crippen molar-refractivity contribution in [2.24, 2.45) is 0 Å². The third-order valence-electron chi connectivity index (χ3n) is 5.42. The zero-order valence-corrected chi connectivity index (χ0v) is 17.9. The Hall–Kier alpha value is -2.86. The number of carbonyl (C=O) groups excluding carboxylic acids is 2. The summed E-state index contributed by atoms with van der Waals surface area (Å²) in [5.41, 5.74) is 2.77. The summed E-state index contributed by atoms with van der Waals surface area (Å²) in [6, 6.07) is 15.8. The number of para-hydroxylation sites is 2. The Balaban J connectivity index is 1.79. The standard InChI is InChI=1S/C23H30N4O2/c1-6-26(15-17-11-13-18(14-12-17)25(4)5)16-21(28)27-20-10-8-7-9-19(20)24-22(29)23(27,2)3/h7-14H,6,15-16H2,1-5H3,(H,24,29). The third kappa shape index (κ3) is 4.27. The van der Waals surface area contributed by atoms with Crippen LogP contribution in [0.2, 0.25) is 0 Å². The lowest BCUT2D eigenvalue weighted by Crippen LogP contribution is -2.60. The van der Waals surface area contributed by atoms with Crippen molar-refractivity contribution in [1.29, 1.82) is 0 Å². The van der Waals surface area contributed by atoms with Gasteiger partial charge in [-0.25, -0.2) is 0 Å². The fourth-order valence-corrected chi connectivity index (χ4v) is 3.60. The molecular formula is C23H30N4O2. The summed E-state index contributed by atoms with van der Waals surface area (Å²) < 4.78 is 0. The molecule has 0 aromatic heterocycles. The van der Waals surface area contributed by atoms with E-state index in [4.69, 9.17) is 0 Å². The van der Waals surface area contributed by atoms with Gasteiger partial charge in [-0.2, -0.15) is 0 Å². The van der Waals surface area contributed by atoms with E-state index < -0.39 is 5.54 Å². The van der Waals surface area contributed by atoms with E-state index in [-0.39, 0.29) is 18.4 Å². The summed E-state index contributed by atoms with van der Waals surface area (Å²) in [6.45, 7) is 7.28. The van der Waals surface area contributed by atoms with Gasteiger partial charge in [0.25, 0.3) is 0 Å². The number of anilines is 3. The van der Waals surface area contributed by atoms with E-state index in [2.05, 4.69) is 39.4 Å². The summed E-state index contributed by atoms with van der Waals surface area (Å²) >= 11 is 0. The number of nitrogens with one attached hydrogen (secondary N) is 1. The summed E-state index contributed by atoms with van der Waals surface area (Å²) in [5.74, 6) is -0.254. The molecule has 0 spiro atoms. The molecule has 0 saturated carbocycles. The Morgan fingerprint density at radius 2 is 1.72 bits per heavy atom. The lowest BCUT2D eigenvalue weighted by atomic mass is 9.96. The number of benzene rings is 2. The van der Waals surface area contributed by atoms with Gasteiger partial charge in [-0.05, 0) is 50.2 Å². The number of nitrogens with zero attached hydrogens (tertiary/aromatic N) is 3. The van der Waals surface area contributed by atoms with Gasteiger partial charge in [-0.1, -0.05) is 31.2 Å². The highest BCUT2D eigenvalue weighted by molar-refractivity contribution is 6.14. The zero-order chi connectivity index (χ0) is 21.2. The fraction of sp³-hybridized carbons (Fsp3) is 0.391. The van der Waals surface area contributed by atoms with Crippen LogP contribution in [0.3, 0.4) is 0 Å². The third-order valence-corrected chi connectivity index (χ3v) is 5.42. The van der Waals surface area contributed by atoms with Gasteiger partial charge in [0.1, 0.15) is 5.54 Å². The van der Waals surface area contributed by atoms with Gasteiger partial charge in [0.2, 0.25) is 11.8 Å². The maximum atomic E-state index is 13.3. The van der Waals surface area contributed by atoms with Gasteiger partial charge in [0, 0.05) is 26.3 Å². The van der Waals surface area contributed by atoms with E-state index in [0.29, 0.717) is 12.2 Å². The molecule has 0 saturated heterocycles. The lowest BCUT2D eigenvalue weighted by molar-refractivity contribution is -0.127. The number of rotatable bonds is 6. The summed E-state index contributed by atoms with van der Waals surface area (Å²) in [6.07, 6.45) is 0. The minimum absolute atomic E-state index is 0.0796. The predicted molar refractivity (Wildman–Crippen MR) is 118 cm³/mol. The molecular weight excluding hydrogens is 364 g/mol. The van der Waals surface area contributed by atoms with Crippen molar-refractivity contribution in [1.82, 2.24) is 4.90 Å².